The summed E-state index contributed by atoms with van der Waals surface area (Å²) in [7, 11) is 0. The number of ether oxygens (including phenoxy) is 1. The van der Waals surface area contributed by atoms with Crippen LogP contribution < -0.4 is 5.32 Å². The molecular weight excluding hydrogens is 258 g/mol. The van der Waals surface area contributed by atoms with Gasteiger partial charge in [-0.3, -0.25) is 0 Å². The van der Waals surface area contributed by atoms with Crippen LogP contribution in [0.3, 0.4) is 0 Å². The zero-order valence-corrected chi connectivity index (χ0v) is 12.6. The van der Waals surface area contributed by atoms with E-state index in [1.165, 1.54) is 0 Å². The highest BCUT2D eigenvalue weighted by Gasteiger charge is 2.49. The Balaban J connectivity index is 2.07. The molecule has 5 heteroatoms. The Kier molecular flexibility index (Phi) is 3.98. The number of carboxylic acids is 1. The van der Waals surface area contributed by atoms with Crippen LogP contribution in [0.2, 0.25) is 0 Å². The monoisotopic (exact) mass is 283 g/mol. The molecule has 20 heavy (non-hydrogen) atoms. The number of fused-ring (bicyclic) bond motifs is 3. The van der Waals surface area contributed by atoms with E-state index in [-0.39, 0.29) is 5.41 Å². The highest BCUT2D eigenvalue weighted by atomic mass is 16.6. The van der Waals surface area contributed by atoms with Gasteiger partial charge in [-0.05, 0) is 65.2 Å². The van der Waals surface area contributed by atoms with E-state index in [1.54, 1.807) is 20.8 Å². The SMILES string of the molecule is CC(C)(C)OC(=O)NC(C(=O)O)C12CCC(CC1)CC2. The van der Waals surface area contributed by atoms with Crippen LogP contribution in [0.4, 0.5) is 4.79 Å². The van der Waals surface area contributed by atoms with E-state index >= 15 is 0 Å². The molecule has 0 radical (unpaired) electrons. The molecule has 1 amide bonds. The van der Waals surface area contributed by atoms with Crippen LogP contribution in [0.1, 0.15) is 59.3 Å². The number of alkyl carbamates (subject to hydrolysis) is 1. The molecule has 0 saturated heterocycles. The van der Waals surface area contributed by atoms with Crippen molar-refractivity contribution in [3.05, 3.63) is 0 Å². The van der Waals surface area contributed by atoms with Crippen molar-refractivity contribution in [2.75, 3.05) is 0 Å². The van der Waals surface area contributed by atoms with Gasteiger partial charge in [-0.25, -0.2) is 9.59 Å². The number of amides is 1. The van der Waals surface area contributed by atoms with Crippen LogP contribution in [-0.4, -0.2) is 28.8 Å². The number of hydrogen-bond donors (Lipinski definition) is 2. The van der Waals surface area contributed by atoms with Gasteiger partial charge in [-0.1, -0.05) is 0 Å². The van der Waals surface area contributed by atoms with Gasteiger partial charge < -0.3 is 15.2 Å². The van der Waals surface area contributed by atoms with Crippen LogP contribution in [0.5, 0.6) is 0 Å². The summed E-state index contributed by atoms with van der Waals surface area (Å²) >= 11 is 0. The van der Waals surface area contributed by atoms with Crippen LogP contribution in [0.15, 0.2) is 0 Å². The van der Waals surface area contributed by atoms with Crippen molar-refractivity contribution in [3.8, 4) is 0 Å². The lowest BCUT2D eigenvalue weighted by Crippen LogP contribution is -2.56. The zero-order chi connectivity index (χ0) is 15.0. The average molecular weight is 283 g/mol. The van der Waals surface area contributed by atoms with Crippen molar-refractivity contribution < 1.29 is 19.4 Å². The molecule has 114 valence electrons. The average Bonchev–Trinajstić information content (AvgIpc) is 2.35. The fourth-order valence-corrected chi connectivity index (χ4v) is 3.62. The summed E-state index contributed by atoms with van der Waals surface area (Å²) in [6.45, 7) is 5.31. The van der Waals surface area contributed by atoms with Gasteiger partial charge in [-0.2, -0.15) is 0 Å². The summed E-state index contributed by atoms with van der Waals surface area (Å²) in [6, 6.07) is -0.835. The van der Waals surface area contributed by atoms with E-state index in [4.69, 9.17) is 4.74 Å². The van der Waals surface area contributed by atoms with Crippen LogP contribution >= 0.6 is 0 Å². The maximum atomic E-state index is 11.9. The summed E-state index contributed by atoms with van der Waals surface area (Å²) in [6.07, 6.45) is 5.30. The molecule has 0 aromatic rings. The lowest BCUT2D eigenvalue weighted by molar-refractivity contribution is -0.146. The highest BCUT2D eigenvalue weighted by Crippen LogP contribution is 2.52. The first-order valence-corrected chi connectivity index (χ1v) is 7.44. The third-order valence-electron chi connectivity index (χ3n) is 4.67. The van der Waals surface area contributed by atoms with E-state index in [2.05, 4.69) is 5.32 Å². The van der Waals surface area contributed by atoms with Gasteiger partial charge in [0.2, 0.25) is 0 Å². The van der Waals surface area contributed by atoms with Gasteiger partial charge >= 0.3 is 12.1 Å². The fraction of sp³-hybridized carbons (Fsp3) is 0.867. The smallest absolute Gasteiger partial charge is 0.408 e. The molecule has 3 aliphatic rings. The van der Waals surface area contributed by atoms with E-state index in [0.29, 0.717) is 0 Å². The lowest BCUT2D eigenvalue weighted by atomic mass is 9.57. The van der Waals surface area contributed by atoms with Gasteiger partial charge in [0, 0.05) is 5.41 Å². The van der Waals surface area contributed by atoms with Crippen molar-refractivity contribution in [3.63, 3.8) is 0 Å². The second-order valence-corrected chi connectivity index (χ2v) is 7.26. The molecule has 0 aliphatic heterocycles. The van der Waals surface area contributed by atoms with Crippen molar-refractivity contribution in [2.45, 2.75) is 70.9 Å². The van der Waals surface area contributed by atoms with Gasteiger partial charge in [-0.15, -0.1) is 0 Å². The summed E-state index contributed by atoms with van der Waals surface area (Å²) in [5.74, 6) is -0.191. The highest BCUT2D eigenvalue weighted by molar-refractivity contribution is 5.81. The van der Waals surface area contributed by atoms with E-state index in [0.717, 1.165) is 44.4 Å². The predicted octanol–water partition coefficient (Wildman–Crippen LogP) is 2.93. The van der Waals surface area contributed by atoms with E-state index < -0.39 is 23.7 Å². The number of carboxylic acid groups (broad SMARTS) is 1. The molecule has 0 spiro atoms. The molecule has 1 atom stereocenters. The maximum Gasteiger partial charge on any atom is 0.408 e. The van der Waals surface area contributed by atoms with Gasteiger partial charge in [0.1, 0.15) is 11.6 Å². The molecule has 1 unspecified atom stereocenters. The van der Waals surface area contributed by atoms with E-state index in [9.17, 15) is 14.7 Å². The summed E-state index contributed by atoms with van der Waals surface area (Å²) in [4.78, 5) is 23.5. The van der Waals surface area contributed by atoms with Gasteiger partial charge in [0.25, 0.3) is 0 Å². The molecule has 3 fully saturated rings. The standard InChI is InChI=1S/C15H25NO4/c1-14(2,3)20-13(19)16-11(12(17)18)15-7-4-10(5-8-15)6-9-15/h10-11H,4-9H2,1-3H3,(H,16,19)(H,17,18). The van der Waals surface area contributed by atoms with Crippen molar-refractivity contribution in [1.29, 1.82) is 0 Å². The van der Waals surface area contributed by atoms with Gasteiger partial charge in [0.05, 0.1) is 0 Å². The van der Waals surface area contributed by atoms with Gasteiger partial charge in [0.15, 0.2) is 0 Å². The Morgan fingerprint density at radius 3 is 2.10 bits per heavy atom. The number of carbonyl (C=O) groups excluding carboxylic acids is 1. The molecule has 3 saturated carbocycles. The molecule has 3 aliphatic carbocycles. The number of hydrogen-bond acceptors (Lipinski definition) is 3. The summed E-state index contributed by atoms with van der Waals surface area (Å²) in [5, 5.41) is 12.1. The van der Waals surface area contributed by atoms with Crippen molar-refractivity contribution in [2.24, 2.45) is 11.3 Å². The largest absolute Gasteiger partial charge is 0.480 e. The summed E-state index contributed by atoms with van der Waals surface area (Å²) < 4.78 is 5.20. The minimum Gasteiger partial charge on any atom is -0.480 e. The number of carbonyl (C=O) groups is 2. The number of aliphatic carboxylic acids is 1. The van der Waals surface area contributed by atoms with Crippen molar-refractivity contribution >= 4 is 12.1 Å². The normalized spacial score (nSPS) is 30.6. The van der Waals surface area contributed by atoms with Crippen LogP contribution in [0, 0.1) is 11.3 Å². The Labute approximate surface area is 120 Å². The molecule has 0 heterocycles. The van der Waals surface area contributed by atoms with Crippen molar-refractivity contribution in [1.82, 2.24) is 5.32 Å². The maximum absolute atomic E-state index is 11.9. The first-order valence-electron chi connectivity index (χ1n) is 7.44. The van der Waals surface area contributed by atoms with Crippen LogP contribution in [0.25, 0.3) is 0 Å². The Morgan fingerprint density at radius 1 is 1.20 bits per heavy atom. The first kappa shape index (κ1) is 15.1. The van der Waals surface area contributed by atoms with Crippen LogP contribution in [-0.2, 0) is 9.53 Å². The fourth-order valence-electron chi connectivity index (χ4n) is 3.62. The Bertz CT molecular complexity index is 377. The molecule has 2 bridgehead atoms. The number of rotatable bonds is 3. The molecule has 0 aromatic heterocycles. The van der Waals surface area contributed by atoms with E-state index in [1.807, 2.05) is 0 Å². The molecule has 2 N–H and O–H groups in total. The molecule has 0 aromatic carbocycles. The number of nitrogens with one attached hydrogen (secondary N) is 1. The Hall–Kier alpha value is -1.26. The molecule has 5 nitrogen and oxygen atoms in total. The third-order valence-corrected chi connectivity index (χ3v) is 4.67. The third kappa shape index (κ3) is 3.25. The minimum atomic E-state index is -0.948. The summed E-state index contributed by atoms with van der Waals surface area (Å²) in [5.41, 5.74) is -0.896. The molecule has 3 rings (SSSR count). The second-order valence-electron chi connectivity index (χ2n) is 7.26. The second kappa shape index (κ2) is 5.26. The zero-order valence-electron chi connectivity index (χ0n) is 12.6. The predicted molar refractivity (Wildman–Crippen MR) is 74.4 cm³/mol. The quantitative estimate of drug-likeness (QED) is 0.835. The Morgan fingerprint density at radius 2 is 1.70 bits per heavy atom. The first-order chi connectivity index (χ1) is 9.22. The lowest BCUT2D eigenvalue weighted by Gasteiger charge is -2.49. The minimum absolute atomic E-state index is 0.280. The molecular formula is C15H25NO4. The topological polar surface area (TPSA) is 75.6 Å².